The Morgan fingerprint density at radius 2 is 1.81 bits per heavy atom. The molecule has 0 aromatic heterocycles. The first-order chi connectivity index (χ1) is 12.3. The van der Waals surface area contributed by atoms with Gasteiger partial charge in [-0.25, -0.2) is 4.79 Å². The Balaban J connectivity index is 1.69. The molecule has 26 heavy (non-hydrogen) atoms. The first-order valence-corrected chi connectivity index (χ1v) is 9.18. The Labute approximate surface area is 156 Å². The van der Waals surface area contributed by atoms with Gasteiger partial charge in [0.05, 0.1) is 17.0 Å². The van der Waals surface area contributed by atoms with Gasteiger partial charge < -0.3 is 10.1 Å². The van der Waals surface area contributed by atoms with Crippen molar-refractivity contribution in [1.82, 2.24) is 0 Å². The average molecular weight is 369 g/mol. The lowest BCUT2D eigenvalue weighted by molar-refractivity contribution is -0.113. The van der Waals surface area contributed by atoms with E-state index >= 15 is 0 Å². The predicted octanol–water partition coefficient (Wildman–Crippen LogP) is 3.70. The third kappa shape index (κ3) is 3.80. The fourth-order valence-electron chi connectivity index (χ4n) is 2.76. The smallest absolute Gasteiger partial charge is 0.338 e. The summed E-state index contributed by atoms with van der Waals surface area (Å²) in [5.41, 5.74) is 4.46. The van der Waals surface area contributed by atoms with E-state index in [1.54, 1.807) is 18.2 Å². The number of hydrogen-bond acceptors (Lipinski definition) is 5. The number of thioether (sulfide) groups is 1. The van der Waals surface area contributed by atoms with Crippen molar-refractivity contribution < 1.29 is 19.1 Å². The van der Waals surface area contributed by atoms with Crippen LogP contribution < -0.4 is 5.32 Å². The standard InChI is InChI=1S/C20H19NO4S/c1-11-6-13(3)15(7-12(11)2)17(22)9-25-20(24)14-4-5-18-16(8-14)21-19(23)10-26-18/h4-8H,9-10H2,1-3H3,(H,21,23). The predicted molar refractivity (Wildman–Crippen MR) is 101 cm³/mol. The minimum Gasteiger partial charge on any atom is -0.454 e. The number of ketones is 1. The van der Waals surface area contributed by atoms with Crippen molar-refractivity contribution in [2.24, 2.45) is 0 Å². The Morgan fingerprint density at radius 1 is 1.08 bits per heavy atom. The van der Waals surface area contributed by atoms with Gasteiger partial charge in [0.2, 0.25) is 11.7 Å². The van der Waals surface area contributed by atoms with Gasteiger partial charge >= 0.3 is 5.97 Å². The minimum atomic E-state index is -0.590. The van der Waals surface area contributed by atoms with Crippen molar-refractivity contribution in [3.05, 3.63) is 58.1 Å². The van der Waals surface area contributed by atoms with Crippen LogP contribution in [0.25, 0.3) is 0 Å². The van der Waals surface area contributed by atoms with Crippen LogP contribution in [0, 0.1) is 20.8 Å². The molecular weight excluding hydrogens is 350 g/mol. The zero-order valence-electron chi connectivity index (χ0n) is 14.8. The van der Waals surface area contributed by atoms with E-state index < -0.39 is 5.97 Å². The van der Waals surface area contributed by atoms with E-state index in [2.05, 4.69) is 5.32 Å². The summed E-state index contributed by atoms with van der Waals surface area (Å²) in [6.07, 6.45) is 0. The maximum atomic E-state index is 12.4. The molecule has 5 nitrogen and oxygen atoms in total. The molecule has 134 valence electrons. The van der Waals surface area contributed by atoms with Crippen LogP contribution in [0.5, 0.6) is 0 Å². The highest BCUT2D eigenvalue weighted by molar-refractivity contribution is 8.00. The van der Waals surface area contributed by atoms with E-state index in [1.807, 2.05) is 32.9 Å². The number of carbonyl (C=O) groups excluding carboxylic acids is 3. The normalized spacial score (nSPS) is 13.0. The molecule has 2 aromatic rings. The summed E-state index contributed by atoms with van der Waals surface area (Å²) in [4.78, 5) is 37.0. The van der Waals surface area contributed by atoms with Crippen LogP contribution >= 0.6 is 11.8 Å². The van der Waals surface area contributed by atoms with Gasteiger partial charge in [-0.1, -0.05) is 6.07 Å². The van der Waals surface area contributed by atoms with Crippen molar-refractivity contribution in [2.45, 2.75) is 25.7 Å². The largest absolute Gasteiger partial charge is 0.454 e. The van der Waals surface area contributed by atoms with Crippen molar-refractivity contribution in [2.75, 3.05) is 17.7 Å². The van der Waals surface area contributed by atoms with E-state index in [4.69, 9.17) is 4.74 Å². The zero-order valence-corrected chi connectivity index (χ0v) is 15.7. The van der Waals surface area contributed by atoms with Crippen molar-refractivity contribution in [3.63, 3.8) is 0 Å². The Morgan fingerprint density at radius 3 is 2.58 bits per heavy atom. The number of nitrogens with one attached hydrogen (secondary N) is 1. The molecular formula is C20H19NO4S. The molecule has 0 fully saturated rings. The molecule has 0 spiro atoms. The lowest BCUT2D eigenvalue weighted by Gasteiger charge is -2.16. The summed E-state index contributed by atoms with van der Waals surface area (Å²) in [5, 5.41) is 2.73. The van der Waals surface area contributed by atoms with Gasteiger partial charge in [0.1, 0.15) is 0 Å². The Hall–Kier alpha value is -2.60. The van der Waals surface area contributed by atoms with E-state index in [1.165, 1.54) is 11.8 Å². The second-order valence-electron chi connectivity index (χ2n) is 6.30. The summed E-state index contributed by atoms with van der Waals surface area (Å²) in [6.45, 7) is 5.48. The molecule has 0 aliphatic carbocycles. The number of carbonyl (C=O) groups is 3. The fraction of sp³-hybridized carbons (Fsp3) is 0.250. The molecule has 0 saturated heterocycles. The highest BCUT2D eigenvalue weighted by Gasteiger charge is 2.19. The summed E-state index contributed by atoms with van der Waals surface area (Å²) in [7, 11) is 0. The van der Waals surface area contributed by atoms with Crippen molar-refractivity contribution in [1.29, 1.82) is 0 Å². The van der Waals surface area contributed by atoms with Gasteiger partial charge in [-0.15, -0.1) is 11.8 Å². The molecule has 1 aliphatic rings. The Kier molecular flexibility index (Phi) is 5.13. The number of esters is 1. The first kappa shape index (κ1) is 18.2. The summed E-state index contributed by atoms with van der Waals surface area (Å²) >= 11 is 1.42. The van der Waals surface area contributed by atoms with Gasteiger partial charge in [0.15, 0.2) is 6.61 Å². The maximum absolute atomic E-state index is 12.4. The third-order valence-electron chi connectivity index (χ3n) is 4.32. The zero-order chi connectivity index (χ0) is 18.8. The van der Waals surface area contributed by atoms with Gasteiger partial charge in [-0.05, 0) is 61.7 Å². The van der Waals surface area contributed by atoms with Crippen LogP contribution in [-0.2, 0) is 9.53 Å². The number of anilines is 1. The molecule has 1 aliphatic heterocycles. The summed E-state index contributed by atoms with van der Waals surface area (Å²) < 4.78 is 5.18. The SMILES string of the molecule is Cc1cc(C)c(C(=O)COC(=O)c2ccc3c(c2)NC(=O)CS3)cc1C. The lowest BCUT2D eigenvalue weighted by Crippen LogP contribution is -2.20. The van der Waals surface area contributed by atoms with E-state index in [-0.39, 0.29) is 18.3 Å². The van der Waals surface area contributed by atoms with Crippen LogP contribution in [0.2, 0.25) is 0 Å². The van der Waals surface area contributed by atoms with Crippen LogP contribution in [0.4, 0.5) is 5.69 Å². The minimum absolute atomic E-state index is 0.103. The van der Waals surface area contributed by atoms with Gasteiger partial charge in [-0.3, -0.25) is 9.59 Å². The van der Waals surface area contributed by atoms with E-state index in [9.17, 15) is 14.4 Å². The number of fused-ring (bicyclic) bond motifs is 1. The average Bonchev–Trinajstić information content (AvgIpc) is 2.61. The number of benzene rings is 2. The molecule has 0 saturated carbocycles. The molecule has 0 atom stereocenters. The second-order valence-corrected chi connectivity index (χ2v) is 7.32. The molecule has 1 heterocycles. The molecule has 6 heteroatoms. The number of Topliss-reactive ketones (excluding diaryl/α,β-unsaturated/α-hetero) is 1. The van der Waals surface area contributed by atoms with Crippen LogP contribution in [-0.4, -0.2) is 30.0 Å². The molecule has 0 radical (unpaired) electrons. The number of amides is 1. The lowest BCUT2D eigenvalue weighted by atomic mass is 9.98. The summed E-state index contributed by atoms with van der Waals surface area (Å²) in [5.74, 6) is -0.567. The van der Waals surface area contributed by atoms with Gasteiger partial charge in [0.25, 0.3) is 0 Å². The van der Waals surface area contributed by atoms with E-state index in [0.29, 0.717) is 22.6 Å². The number of aryl methyl sites for hydroxylation is 3. The van der Waals surface area contributed by atoms with E-state index in [0.717, 1.165) is 21.6 Å². The van der Waals surface area contributed by atoms with Crippen LogP contribution in [0.3, 0.4) is 0 Å². The molecule has 1 N–H and O–H groups in total. The van der Waals surface area contributed by atoms with Crippen LogP contribution in [0.1, 0.15) is 37.4 Å². The van der Waals surface area contributed by atoms with Gasteiger partial charge in [0, 0.05) is 10.5 Å². The third-order valence-corrected chi connectivity index (χ3v) is 5.40. The monoisotopic (exact) mass is 369 g/mol. The molecule has 3 rings (SSSR count). The topological polar surface area (TPSA) is 72.5 Å². The second kappa shape index (κ2) is 7.33. The highest BCUT2D eigenvalue weighted by Crippen LogP contribution is 2.32. The van der Waals surface area contributed by atoms with Crippen LogP contribution in [0.15, 0.2) is 35.2 Å². The number of rotatable bonds is 4. The quantitative estimate of drug-likeness (QED) is 0.657. The molecule has 0 bridgehead atoms. The first-order valence-electron chi connectivity index (χ1n) is 8.20. The molecule has 2 aromatic carbocycles. The molecule has 1 amide bonds. The van der Waals surface area contributed by atoms with Gasteiger partial charge in [-0.2, -0.15) is 0 Å². The van der Waals surface area contributed by atoms with Crippen molar-refractivity contribution >= 4 is 35.1 Å². The maximum Gasteiger partial charge on any atom is 0.338 e. The fourth-order valence-corrected chi connectivity index (χ4v) is 3.55. The molecule has 0 unspecified atom stereocenters. The highest BCUT2D eigenvalue weighted by atomic mass is 32.2. The summed E-state index contributed by atoms with van der Waals surface area (Å²) in [6, 6.07) is 8.76. The van der Waals surface area contributed by atoms with Crippen molar-refractivity contribution in [3.8, 4) is 0 Å². The number of hydrogen-bond donors (Lipinski definition) is 1. The number of ether oxygens (including phenoxy) is 1. The Bertz CT molecular complexity index is 920.